The van der Waals surface area contributed by atoms with E-state index in [1.807, 2.05) is 16.8 Å². The number of nitrogens with zero attached hydrogens (tertiary/aromatic N) is 3. The third kappa shape index (κ3) is 3.94. The maximum absolute atomic E-state index is 12.8. The van der Waals surface area contributed by atoms with Crippen molar-refractivity contribution in [3.8, 4) is 0 Å². The molecule has 0 spiro atoms. The second-order valence-corrected chi connectivity index (χ2v) is 8.28. The minimum absolute atomic E-state index is 0.0582. The van der Waals surface area contributed by atoms with E-state index < -0.39 is 0 Å². The predicted molar refractivity (Wildman–Crippen MR) is 107 cm³/mol. The lowest BCUT2D eigenvalue weighted by Crippen LogP contribution is -2.48. The van der Waals surface area contributed by atoms with E-state index in [-0.39, 0.29) is 5.56 Å². The van der Waals surface area contributed by atoms with Gasteiger partial charge in [-0.2, -0.15) is 0 Å². The highest BCUT2D eigenvalue weighted by Gasteiger charge is 2.23. The molecular weight excluding hydrogens is 322 g/mol. The van der Waals surface area contributed by atoms with Gasteiger partial charge in [0.1, 0.15) is 0 Å². The summed E-state index contributed by atoms with van der Waals surface area (Å²) in [4.78, 5) is 17.4. The molecule has 2 saturated carbocycles. The van der Waals surface area contributed by atoms with Gasteiger partial charge in [0, 0.05) is 30.7 Å². The summed E-state index contributed by atoms with van der Waals surface area (Å²) in [6.45, 7) is 1.98. The molecule has 2 aliphatic carbocycles. The van der Waals surface area contributed by atoms with Crippen molar-refractivity contribution in [1.82, 2.24) is 9.66 Å². The van der Waals surface area contributed by atoms with Crippen LogP contribution in [0.3, 0.4) is 0 Å². The number of hydrogen-bond donors (Lipinski definition) is 0. The zero-order chi connectivity index (χ0) is 17.8. The molecule has 140 valence electrons. The molecule has 4 nitrogen and oxygen atoms in total. The van der Waals surface area contributed by atoms with Gasteiger partial charge in [-0.15, -0.1) is 0 Å². The average molecular weight is 354 g/mol. The summed E-state index contributed by atoms with van der Waals surface area (Å²) in [6.07, 6.45) is 15.1. The summed E-state index contributed by atoms with van der Waals surface area (Å²) >= 11 is 0. The number of aromatic nitrogens is 2. The van der Waals surface area contributed by atoms with Crippen LogP contribution < -0.4 is 10.6 Å². The molecule has 0 saturated heterocycles. The van der Waals surface area contributed by atoms with Crippen molar-refractivity contribution in [1.29, 1.82) is 0 Å². The van der Waals surface area contributed by atoms with Gasteiger partial charge < -0.3 is 5.01 Å². The number of fused-ring (bicyclic) bond motifs is 1. The van der Waals surface area contributed by atoms with Crippen molar-refractivity contribution < 1.29 is 0 Å². The van der Waals surface area contributed by atoms with E-state index in [2.05, 4.69) is 16.1 Å². The molecule has 0 atom stereocenters. The molecule has 26 heavy (non-hydrogen) atoms. The van der Waals surface area contributed by atoms with Crippen LogP contribution in [0.25, 0.3) is 11.0 Å². The molecule has 0 aliphatic heterocycles. The Hall–Kier alpha value is -1.84. The largest absolute Gasteiger partial charge is 0.308 e. The number of rotatable bonds is 5. The van der Waals surface area contributed by atoms with Gasteiger partial charge in [-0.3, -0.25) is 4.79 Å². The minimum Gasteiger partial charge on any atom is -0.308 e. The molecule has 0 N–H and O–H groups in total. The fourth-order valence-corrected chi connectivity index (χ4v) is 4.90. The molecule has 0 bridgehead atoms. The SMILES string of the molecule is O=c1ccc2cccnc2n1N(CC1CCCCC1)CC1CCCCC1. The Balaban J connectivity index is 1.67. The highest BCUT2D eigenvalue weighted by atomic mass is 16.1. The molecule has 2 aromatic heterocycles. The number of hydrogen-bond acceptors (Lipinski definition) is 3. The minimum atomic E-state index is 0.0582. The van der Waals surface area contributed by atoms with E-state index >= 15 is 0 Å². The quantitative estimate of drug-likeness (QED) is 0.794. The second kappa shape index (κ2) is 8.24. The van der Waals surface area contributed by atoms with Crippen LogP contribution in [0.2, 0.25) is 0 Å². The molecule has 2 heterocycles. The molecule has 4 rings (SSSR count). The Bertz CT molecular complexity index is 752. The molecule has 4 heteroatoms. The zero-order valence-electron chi connectivity index (χ0n) is 15.8. The third-order valence-corrected chi connectivity index (χ3v) is 6.30. The smallest absolute Gasteiger partial charge is 0.270 e. The van der Waals surface area contributed by atoms with Crippen LogP contribution in [0.1, 0.15) is 64.2 Å². The van der Waals surface area contributed by atoms with E-state index in [0.717, 1.165) is 24.1 Å². The first-order chi connectivity index (χ1) is 12.8. The Labute approximate surface area is 156 Å². The number of pyridine rings is 2. The first kappa shape index (κ1) is 17.6. The highest BCUT2D eigenvalue weighted by molar-refractivity contribution is 5.74. The van der Waals surface area contributed by atoms with Crippen LogP contribution in [0.5, 0.6) is 0 Å². The predicted octanol–water partition coefficient (Wildman–Crippen LogP) is 4.50. The van der Waals surface area contributed by atoms with Crippen molar-refractivity contribution in [2.45, 2.75) is 64.2 Å². The van der Waals surface area contributed by atoms with Gasteiger partial charge in [-0.1, -0.05) is 38.5 Å². The summed E-state index contributed by atoms with van der Waals surface area (Å²) in [5.74, 6) is 1.41. The van der Waals surface area contributed by atoms with Gasteiger partial charge >= 0.3 is 0 Å². The summed E-state index contributed by atoms with van der Waals surface area (Å²) in [7, 11) is 0. The van der Waals surface area contributed by atoms with Gasteiger partial charge in [0.15, 0.2) is 5.65 Å². The van der Waals surface area contributed by atoms with Crippen LogP contribution in [0.4, 0.5) is 0 Å². The van der Waals surface area contributed by atoms with E-state index in [0.29, 0.717) is 11.8 Å². The lowest BCUT2D eigenvalue weighted by molar-refractivity contribution is 0.301. The standard InChI is InChI=1S/C22H31N3O/c26-21-14-13-20-12-7-15-23-22(20)25(21)24(16-18-8-3-1-4-9-18)17-19-10-5-2-6-11-19/h7,12-15,18-19H,1-6,8-11,16-17H2. The summed E-state index contributed by atoms with van der Waals surface area (Å²) < 4.78 is 1.89. The molecule has 2 fully saturated rings. The van der Waals surface area contributed by atoms with E-state index in [1.54, 1.807) is 12.3 Å². The van der Waals surface area contributed by atoms with Gasteiger partial charge in [-0.25, -0.2) is 9.66 Å². The second-order valence-electron chi connectivity index (χ2n) is 8.28. The van der Waals surface area contributed by atoms with Crippen molar-refractivity contribution in [2.75, 3.05) is 18.1 Å². The topological polar surface area (TPSA) is 38.1 Å². The Morgan fingerprint density at radius 1 is 0.885 bits per heavy atom. The Morgan fingerprint density at radius 2 is 1.50 bits per heavy atom. The zero-order valence-corrected chi connectivity index (χ0v) is 15.8. The fraction of sp³-hybridized carbons (Fsp3) is 0.636. The molecule has 0 radical (unpaired) electrons. The Kier molecular flexibility index (Phi) is 5.57. The Morgan fingerprint density at radius 3 is 2.12 bits per heavy atom. The lowest BCUT2D eigenvalue weighted by Gasteiger charge is -2.36. The maximum Gasteiger partial charge on any atom is 0.270 e. The highest BCUT2D eigenvalue weighted by Crippen LogP contribution is 2.27. The van der Waals surface area contributed by atoms with Gasteiger partial charge in [0.25, 0.3) is 5.56 Å². The van der Waals surface area contributed by atoms with E-state index in [1.165, 1.54) is 64.2 Å². The molecule has 0 unspecified atom stereocenters. The van der Waals surface area contributed by atoms with Crippen molar-refractivity contribution >= 4 is 11.0 Å². The van der Waals surface area contributed by atoms with Gasteiger partial charge in [0.05, 0.1) is 0 Å². The van der Waals surface area contributed by atoms with Crippen LogP contribution in [0, 0.1) is 11.8 Å². The normalized spacial score (nSPS) is 19.7. The maximum atomic E-state index is 12.8. The average Bonchev–Trinajstić information content (AvgIpc) is 2.69. The fourth-order valence-electron chi connectivity index (χ4n) is 4.90. The molecule has 0 aromatic carbocycles. The van der Waals surface area contributed by atoms with Crippen LogP contribution >= 0.6 is 0 Å². The van der Waals surface area contributed by atoms with Crippen molar-refractivity contribution in [3.05, 3.63) is 40.8 Å². The first-order valence-corrected chi connectivity index (χ1v) is 10.5. The van der Waals surface area contributed by atoms with E-state index in [4.69, 9.17) is 0 Å². The third-order valence-electron chi connectivity index (χ3n) is 6.30. The summed E-state index contributed by atoms with van der Waals surface area (Å²) in [5, 5.41) is 3.40. The van der Waals surface area contributed by atoms with E-state index in [9.17, 15) is 4.79 Å². The first-order valence-electron chi connectivity index (χ1n) is 10.5. The van der Waals surface area contributed by atoms with Crippen LogP contribution in [-0.4, -0.2) is 22.7 Å². The summed E-state index contributed by atoms with van der Waals surface area (Å²) in [6, 6.07) is 7.61. The van der Waals surface area contributed by atoms with Crippen molar-refractivity contribution in [2.24, 2.45) is 11.8 Å². The van der Waals surface area contributed by atoms with Gasteiger partial charge in [0.2, 0.25) is 0 Å². The molecule has 2 aliphatic rings. The molecule has 0 amide bonds. The lowest BCUT2D eigenvalue weighted by atomic mass is 9.87. The van der Waals surface area contributed by atoms with Gasteiger partial charge in [-0.05, 0) is 55.7 Å². The van der Waals surface area contributed by atoms with Crippen LogP contribution in [-0.2, 0) is 0 Å². The monoisotopic (exact) mass is 353 g/mol. The molecule has 2 aromatic rings. The van der Waals surface area contributed by atoms with Crippen molar-refractivity contribution in [3.63, 3.8) is 0 Å². The summed E-state index contributed by atoms with van der Waals surface area (Å²) in [5.41, 5.74) is 0.870. The molecular formula is C22H31N3O. The van der Waals surface area contributed by atoms with Crippen LogP contribution in [0.15, 0.2) is 35.3 Å².